The molecular formula is C9H8N4O2S. The summed E-state index contributed by atoms with van der Waals surface area (Å²) in [5.41, 5.74) is 0.460. The molecule has 1 N–H and O–H groups in total. The Labute approximate surface area is 95.7 Å². The van der Waals surface area contributed by atoms with Gasteiger partial charge in [0.2, 0.25) is 0 Å². The van der Waals surface area contributed by atoms with Gasteiger partial charge in [-0.1, -0.05) is 12.1 Å². The second-order valence-electron chi connectivity index (χ2n) is 3.19. The number of nitrogens with one attached hydrogen (secondary N) is 1. The lowest BCUT2D eigenvalue weighted by Crippen LogP contribution is -1.97. The van der Waals surface area contributed by atoms with E-state index in [1.807, 2.05) is 0 Å². The first kappa shape index (κ1) is 10.5. The van der Waals surface area contributed by atoms with Gasteiger partial charge >= 0.3 is 0 Å². The predicted octanol–water partition coefficient (Wildman–Crippen LogP) is 2.05. The molecule has 1 aromatic heterocycles. The quantitative estimate of drug-likeness (QED) is 0.492. The van der Waals surface area contributed by atoms with Crippen LogP contribution in [0.1, 0.15) is 0 Å². The molecule has 0 fully saturated rings. The number of H-pyrrole nitrogens is 1. The first-order valence-electron chi connectivity index (χ1n) is 4.46. The molecule has 0 amide bonds. The molecule has 2 rings (SSSR count). The summed E-state index contributed by atoms with van der Waals surface area (Å²) in [5.74, 6) is 0.456. The van der Waals surface area contributed by atoms with E-state index >= 15 is 0 Å². The highest BCUT2D eigenvalue weighted by molar-refractivity contribution is 7.71. The van der Waals surface area contributed by atoms with Gasteiger partial charge in [0.15, 0.2) is 10.6 Å². The second-order valence-corrected chi connectivity index (χ2v) is 3.57. The van der Waals surface area contributed by atoms with Crippen LogP contribution in [0.15, 0.2) is 24.3 Å². The van der Waals surface area contributed by atoms with E-state index in [1.54, 1.807) is 29.8 Å². The van der Waals surface area contributed by atoms with Crippen molar-refractivity contribution >= 4 is 17.9 Å². The molecule has 0 aliphatic rings. The van der Waals surface area contributed by atoms with E-state index in [1.165, 1.54) is 6.07 Å². The summed E-state index contributed by atoms with van der Waals surface area (Å²) in [4.78, 5) is 10.4. The van der Waals surface area contributed by atoms with E-state index in [0.29, 0.717) is 16.2 Å². The second kappa shape index (κ2) is 3.86. The number of nitrogens with zero attached hydrogens (tertiary/aromatic N) is 3. The van der Waals surface area contributed by atoms with E-state index in [4.69, 9.17) is 12.2 Å². The van der Waals surface area contributed by atoms with Gasteiger partial charge in [0.1, 0.15) is 0 Å². The molecular weight excluding hydrogens is 228 g/mol. The van der Waals surface area contributed by atoms with Crippen LogP contribution in [0.4, 0.5) is 5.69 Å². The van der Waals surface area contributed by atoms with E-state index < -0.39 is 4.92 Å². The molecule has 6 nitrogen and oxygen atoms in total. The maximum atomic E-state index is 10.8. The number of hydrogen-bond donors (Lipinski definition) is 1. The molecule has 0 radical (unpaired) electrons. The van der Waals surface area contributed by atoms with Gasteiger partial charge in [-0.2, -0.15) is 5.10 Å². The van der Waals surface area contributed by atoms with Gasteiger partial charge in [0.05, 0.1) is 10.5 Å². The van der Waals surface area contributed by atoms with Gasteiger partial charge in [-0.25, -0.2) is 0 Å². The van der Waals surface area contributed by atoms with Crippen LogP contribution in [0.3, 0.4) is 0 Å². The lowest BCUT2D eigenvalue weighted by Gasteiger charge is -2.01. The molecule has 0 saturated carbocycles. The molecule has 1 aromatic carbocycles. The Hall–Kier alpha value is -2.02. The Balaban J connectivity index is 2.69. The summed E-state index contributed by atoms with van der Waals surface area (Å²) in [7, 11) is 1.71. The molecule has 0 aliphatic carbocycles. The Kier molecular flexibility index (Phi) is 2.53. The SMILES string of the molecule is Cn1c(-c2ccccc2[N+](=O)[O-])n[nH]c1=S. The fourth-order valence-electron chi connectivity index (χ4n) is 1.41. The first-order chi connectivity index (χ1) is 7.61. The fourth-order valence-corrected chi connectivity index (χ4v) is 1.54. The third-order valence-electron chi connectivity index (χ3n) is 2.22. The summed E-state index contributed by atoms with van der Waals surface area (Å²) < 4.78 is 2.02. The monoisotopic (exact) mass is 236 g/mol. The van der Waals surface area contributed by atoms with Gasteiger partial charge in [-0.15, -0.1) is 0 Å². The Morgan fingerprint density at radius 3 is 2.75 bits per heavy atom. The highest BCUT2D eigenvalue weighted by Crippen LogP contribution is 2.27. The van der Waals surface area contributed by atoms with E-state index in [-0.39, 0.29) is 5.69 Å². The molecule has 16 heavy (non-hydrogen) atoms. The van der Waals surface area contributed by atoms with E-state index in [9.17, 15) is 10.1 Å². The van der Waals surface area contributed by atoms with Crippen LogP contribution in [0, 0.1) is 14.9 Å². The van der Waals surface area contributed by atoms with Crippen molar-refractivity contribution in [3.63, 3.8) is 0 Å². The molecule has 0 bridgehead atoms. The first-order valence-corrected chi connectivity index (χ1v) is 4.87. The summed E-state index contributed by atoms with van der Waals surface area (Å²) in [6.45, 7) is 0. The highest BCUT2D eigenvalue weighted by atomic mass is 32.1. The van der Waals surface area contributed by atoms with Crippen molar-refractivity contribution in [3.05, 3.63) is 39.2 Å². The zero-order valence-corrected chi connectivity index (χ0v) is 9.19. The largest absolute Gasteiger partial charge is 0.303 e. The minimum atomic E-state index is -0.437. The number of benzene rings is 1. The fraction of sp³-hybridized carbons (Fsp3) is 0.111. The van der Waals surface area contributed by atoms with Crippen LogP contribution in [0.5, 0.6) is 0 Å². The summed E-state index contributed by atoms with van der Waals surface area (Å²) in [5, 5.41) is 17.4. The normalized spacial score (nSPS) is 10.3. The zero-order valence-electron chi connectivity index (χ0n) is 8.38. The van der Waals surface area contributed by atoms with Crippen molar-refractivity contribution < 1.29 is 4.92 Å². The van der Waals surface area contributed by atoms with Gasteiger partial charge in [0.25, 0.3) is 5.69 Å². The number of rotatable bonds is 2. The third kappa shape index (κ3) is 1.61. The minimum absolute atomic E-state index is 0.0135. The van der Waals surface area contributed by atoms with Gasteiger partial charge in [0, 0.05) is 13.1 Å². The van der Waals surface area contributed by atoms with Crippen molar-refractivity contribution in [1.82, 2.24) is 14.8 Å². The van der Waals surface area contributed by atoms with Gasteiger partial charge in [-0.3, -0.25) is 15.2 Å². The Bertz CT molecular complexity index is 602. The maximum absolute atomic E-state index is 10.8. The topological polar surface area (TPSA) is 76.8 Å². The van der Waals surface area contributed by atoms with Crippen LogP contribution in [-0.4, -0.2) is 19.7 Å². The Morgan fingerprint density at radius 2 is 2.19 bits per heavy atom. The number of nitro groups is 1. The van der Waals surface area contributed by atoms with Gasteiger partial charge in [-0.05, 0) is 18.3 Å². The molecule has 0 unspecified atom stereocenters. The van der Waals surface area contributed by atoms with Crippen molar-refractivity contribution in [2.45, 2.75) is 0 Å². The zero-order chi connectivity index (χ0) is 11.7. The van der Waals surface area contributed by atoms with Crippen LogP contribution < -0.4 is 0 Å². The average Bonchev–Trinajstić information content (AvgIpc) is 2.60. The van der Waals surface area contributed by atoms with Crippen molar-refractivity contribution in [3.8, 4) is 11.4 Å². The summed E-state index contributed by atoms with van der Waals surface area (Å²) in [6, 6.07) is 6.42. The predicted molar refractivity (Wildman–Crippen MR) is 60.5 cm³/mol. The van der Waals surface area contributed by atoms with Crippen molar-refractivity contribution in [1.29, 1.82) is 0 Å². The lowest BCUT2D eigenvalue weighted by atomic mass is 10.1. The average molecular weight is 236 g/mol. The highest BCUT2D eigenvalue weighted by Gasteiger charge is 2.17. The summed E-state index contributed by atoms with van der Waals surface area (Å²) in [6.07, 6.45) is 0. The number of hydrogen-bond acceptors (Lipinski definition) is 4. The molecule has 0 aliphatic heterocycles. The van der Waals surface area contributed by atoms with Gasteiger partial charge < -0.3 is 4.57 Å². The molecule has 82 valence electrons. The van der Waals surface area contributed by atoms with Crippen molar-refractivity contribution in [2.75, 3.05) is 0 Å². The van der Waals surface area contributed by atoms with Crippen LogP contribution in [0.2, 0.25) is 0 Å². The molecule has 0 saturated heterocycles. The van der Waals surface area contributed by atoms with E-state index in [0.717, 1.165) is 0 Å². The number of aromatic amines is 1. The number of nitro benzene ring substituents is 1. The van der Waals surface area contributed by atoms with Crippen LogP contribution in [0.25, 0.3) is 11.4 Å². The Morgan fingerprint density at radius 1 is 1.50 bits per heavy atom. The van der Waals surface area contributed by atoms with Crippen LogP contribution >= 0.6 is 12.2 Å². The van der Waals surface area contributed by atoms with E-state index in [2.05, 4.69) is 10.2 Å². The molecule has 7 heteroatoms. The molecule has 0 atom stereocenters. The van der Waals surface area contributed by atoms with Crippen LogP contribution in [-0.2, 0) is 7.05 Å². The minimum Gasteiger partial charge on any atom is -0.303 e. The standard InChI is InChI=1S/C9H8N4O2S/c1-12-8(10-11-9(12)16)6-4-2-3-5-7(6)13(14)15/h2-5H,1H3,(H,11,16). The molecule has 2 aromatic rings. The molecule has 0 spiro atoms. The molecule has 1 heterocycles. The summed E-state index contributed by atoms with van der Waals surface area (Å²) >= 11 is 4.96. The number of aromatic nitrogens is 3. The maximum Gasteiger partial charge on any atom is 0.280 e. The third-order valence-corrected chi connectivity index (χ3v) is 2.59. The smallest absolute Gasteiger partial charge is 0.280 e. The number of para-hydroxylation sites is 1. The van der Waals surface area contributed by atoms with Crippen molar-refractivity contribution in [2.24, 2.45) is 7.05 Å². The lowest BCUT2D eigenvalue weighted by molar-refractivity contribution is -0.384.